The Morgan fingerprint density at radius 2 is 2.05 bits per heavy atom. The number of aromatic nitrogens is 3. The van der Waals surface area contributed by atoms with Gasteiger partial charge in [-0.2, -0.15) is 13.2 Å². The molecule has 0 saturated heterocycles. The van der Waals surface area contributed by atoms with Gasteiger partial charge < -0.3 is 5.32 Å². The van der Waals surface area contributed by atoms with E-state index in [4.69, 9.17) is 0 Å². The number of nitrogens with one attached hydrogen (secondary N) is 1. The minimum Gasteiger partial charge on any atom is -0.354 e. The molecule has 8 heteroatoms. The molecule has 0 radical (unpaired) electrons. The molecular formula is C12H13F3N4O. The molecular weight excluding hydrogens is 273 g/mol. The van der Waals surface area contributed by atoms with Crippen molar-refractivity contribution in [2.45, 2.75) is 13.1 Å². The summed E-state index contributed by atoms with van der Waals surface area (Å²) >= 11 is 0. The lowest BCUT2D eigenvalue weighted by molar-refractivity contribution is -0.137. The summed E-state index contributed by atoms with van der Waals surface area (Å²) in [5.74, 6) is 0.208. The first-order valence-electron chi connectivity index (χ1n) is 5.92. The average molecular weight is 286 g/mol. The second kappa shape index (κ2) is 5.03. The molecule has 0 saturated carbocycles. The maximum Gasteiger partial charge on any atom is 0.416 e. The van der Waals surface area contributed by atoms with E-state index < -0.39 is 17.4 Å². The molecule has 1 aromatic carbocycles. The Morgan fingerprint density at radius 1 is 1.35 bits per heavy atom. The number of nitrogens with zero attached hydrogens (tertiary/aromatic N) is 3. The van der Waals surface area contributed by atoms with Gasteiger partial charge in [-0.1, -0.05) is 6.07 Å². The molecule has 1 N–H and O–H groups in total. The fourth-order valence-electron chi connectivity index (χ4n) is 1.79. The molecule has 0 aliphatic heterocycles. The van der Waals surface area contributed by atoms with Gasteiger partial charge in [0, 0.05) is 13.6 Å². The van der Waals surface area contributed by atoms with Crippen molar-refractivity contribution in [1.82, 2.24) is 14.3 Å². The molecule has 5 nitrogen and oxygen atoms in total. The summed E-state index contributed by atoms with van der Waals surface area (Å²) in [6, 6.07) is 4.56. The highest BCUT2D eigenvalue weighted by Crippen LogP contribution is 2.30. The minimum absolute atomic E-state index is 0.119. The van der Waals surface area contributed by atoms with Crippen LogP contribution in [0.1, 0.15) is 12.5 Å². The maximum absolute atomic E-state index is 12.7. The number of rotatable bonds is 3. The molecule has 1 heterocycles. The van der Waals surface area contributed by atoms with Crippen molar-refractivity contribution in [3.63, 3.8) is 0 Å². The fraction of sp³-hybridized carbons (Fsp3) is 0.333. The summed E-state index contributed by atoms with van der Waals surface area (Å²) in [5, 5.41) is 6.79. The lowest BCUT2D eigenvalue weighted by Crippen LogP contribution is -2.22. The Hall–Kier alpha value is -2.25. The fourth-order valence-corrected chi connectivity index (χ4v) is 1.79. The van der Waals surface area contributed by atoms with Gasteiger partial charge in [-0.15, -0.1) is 5.10 Å². The van der Waals surface area contributed by atoms with E-state index >= 15 is 0 Å². The maximum atomic E-state index is 12.7. The van der Waals surface area contributed by atoms with E-state index in [1.54, 1.807) is 6.92 Å². The van der Waals surface area contributed by atoms with E-state index in [9.17, 15) is 18.0 Å². The highest BCUT2D eigenvalue weighted by Gasteiger charge is 2.30. The number of hydrogen-bond acceptors (Lipinski definition) is 3. The normalized spacial score (nSPS) is 11.7. The Kier molecular flexibility index (Phi) is 3.56. The quantitative estimate of drug-likeness (QED) is 0.939. The summed E-state index contributed by atoms with van der Waals surface area (Å²) in [4.78, 5) is 12.0. The smallest absolute Gasteiger partial charge is 0.354 e. The van der Waals surface area contributed by atoms with E-state index in [1.165, 1.54) is 19.2 Å². The van der Waals surface area contributed by atoms with Gasteiger partial charge in [0.05, 0.1) is 11.3 Å². The van der Waals surface area contributed by atoms with Crippen LogP contribution in [0.15, 0.2) is 29.1 Å². The van der Waals surface area contributed by atoms with Gasteiger partial charge in [-0.3, -0.25) is 0 Å². The number of alkyl halides is 3. The van der Waals surface area contributed by atoms with Crippen LogP contribution in [-0.2, 0) is 13.2 Å². The molecule has 0 unspecified atom stereocenters. The van der Waals surface area contributed by atoms with E-state index in [1.807, 2.05) is 0 Å². The number of halogens is 3. The van der Waals surface area contributed by atoms with E-state index in [0.717, 1.165) is 21.4 Å². The van der Waals surface area contributed by atoms with Crippen molar-refractivity contribution < 1.29 is 13.2 Å². The Morgan fingerprint density at radius 3 is 2.65 bits per heavy atom. The number of benzene rings is 1. The average Bonchev–Trinajstić information content (AvgIpc) is 2.65. The van der Waals surface area contributed by atoms with Crippen molar-refractivity contribution >= 4 is 5.95 Å². The highest BCUT2D eigenvalue weighted by molar-refractivity contribution is 5.43. The molecule has 0 aliphatic rings. The molecule has 0 atom stereocenters. The Balaban J connectivity index is 2.60. The summed E-state index contributed by atoms with van der Waals surface area (Å²) in [6.07, 6.45) is -4.46. The van der Waals surface area contributed by atoms with E-state index in [2.05, 4.69) is 10.4 Å². The van der Waals surface area contributed by atoms with Gasteiger partial charge in [0.25, 0.3) is 0 Å². The predicted octanol–water partition coefficient (Wildman–Crippen LogP) is 2.02. The predicted molar refractivity (Wildman–Crippen MR) is 68.0 cm³/mol. The van der Waals surface area contributed by atoms with Crippen LogP contribution in [0.25, 0.3) is 5.69 Å². The largest absolute Gasteiger partial charge is 0.416 e. The van der Waals surface area contributed by atoms with Gasteiger partial charge in [-0.25, -0.2) is 14.0 Å². The minimum atomic E-state index is -4.46. The number of anilines is 1. The summed E-state index contributed by atoms with van der Waals surface area (Å²) in [7, 11) is 1.44. The zero-order valence-electron chi connectivity index (χ0n) is 10.9. The van der Waals surface area contributed by atoms with Crippen LogP contribution in [0.3, 0.4) is 0 Å². The molecule has 2 aromatic rings. The third kappa shape index (κ3) is 2.54. The molecule has 2 rings (SSSR count). The topological polar surface area (TPSA) is 51.9 Å². The third-order valence-electron chi connectivity index (χ3n) is 2.69. The first-order valence-corrected chi connectivity index (χ1v) is 5.92. The SMILES string of the molecule is CCNc1nn(C)c(=O)n1-c1cccc(C(F)(F)F)c1. The molecule has 108 valence electrons. The first kappa shape index (κ1) is 14.2. The lowest BCUT2D eigenvalue weighted by Gasteiger charge is -2.10. The van der Waals surface area contributed by atoms with Crippen molar-refractivity contribution in [3.05, 3.63) is 40.3 Å². The highest BCUT2D eigenvalue weighted by atomic mass is 19.4. The Bertz CT molecular complexity index is 672. The number of aryl methyl sites for hydroxylation is 1. The summed E-state index contributed by atoms with van der Waals surface area (Å²) in [5.41, 5.74) is -1.21. The molecule has 1 aromatic heterocycles. The molecule has 20 heavy (non-hydrogen) atoms. The zero-order chi connectivity index (χ0) is 14.9. The van der Waals surface area contributed by atoms with Crippen LogP contribution < -0.4 is 11.0 Å². The van der Waals surface area contributed by atoms with Crippen LogP contribution >= 0.6 is 0 Å². The van der Waals surface area contributed by atoms with Crippen LogP contribution in [0.4, 0.5) is 19.1 Å². The molecule has 0 aliphatic carbocycles. The molecule has 0 amide bonds. The van der Waals surface area contributed by atoms with Crippen LogP contribution in [0, 0.1) is 0 Å². The third-order valence-corrected chi connectivity index (χ3v) is 2.69. The molecule has 0 bridgehead atoms. The van der Waals surface area contributed by atoms with Gasteiger partial charge in [-0.05, 0) is 25.1 Å². The Labute approximate surface area is 112 Å². The molecule has 0 fully saturated rings. The zero-order valence-corrected chi connectivity index (χ0v) is 10.9. The first-order chi connectivity index (χ1) is 9.34. The number of hydrogen-bond donors (Lipinski definition) is 1. The standard InChI is InChI=1S/C12H13F3N4O/c1-3-16-10-17-18(2)11(20)19(10)9-6-4-5-8(7-9)12(13,14)15/h4-7H,3H2,1-2H3,(H,16,17). The van der Waals surface area contributed by atoms with Crippen molar-refractivity contribution in [3.8, 4) is 5.69 Å². The van der Waals surface area contributed by atoms with Gasteiger partial charge >= 0.3 is 11.9 Å². The van der Waals surface area contributed by atoms with Gasteiger partial charge in [0.1, 0.15) is 0 Å². The van der Waals surface area contributed by atoms with E-state index in [-0.39, 0.29) is 11.6 Å². The van der Waals surface area contributed by atoms with E-state index in [0.29, 0.717) is 6.54 Å². The van der Waals surface area contributed by atoms with Crippen LogP contribution in [0.2, 0.25) is 0 Å². The van der Waals surface area contributed by atoms with Crippen molar-refractivity contribution in [1.29, 1.82) is 0 Å². The van der Waals surface area contributed by atoms with Crippen molar-refractivity contribution in [2.75, 3.05) is 11.9 Å². The second-order valence-electron chi connectivity index (χ2n) is 4.14. The molecule has 0 spiro atoms. The second-order valence-corrected chi connectivity index (χ2v) is 4.14. The summed E-state index contributed by atoms with van der Waals surface area (Å²) < 4.78 is 40.3. The summed E-state index contributed by atoms with van der Waals surface area (Å²) in [6.45, 7) is 2.30. The van der Waals surface area contributed by atoms with Crippen molar-refractivity contribution in [2.24, 2.45) is 7.05 Å². The monoisotopic (exact) mass is 286 g/mol. The van der Waals surface area contributed by atoms with Crippen LogP contribution in [-0.4, -0.2) is 20.9 Å². The lowest BCUT2D eigenvalue weighted by atomic mass is 10.2. The van der Waals surface area contributed by atoms with Gasteiger partial charge in [0.2, 0.25) is 5.95 Å². The van der Waals surface area contributed by atoms with Crippen LogP contribution in [0.5, 0.6) is 0 Å². The van der Waals surface area contributed by atoms with Gasteiger partial charge in [0.15, 0.2) is 0 Å².